The molecule has 1 unspecified atom stereocenters. The Morgan fingerprint density at radius 1 is 1.32 bits per heavy atom. The Bertz CT molecular complexity index is 689. The van der Waals surface area contributed by atoms with Crippen LogP contribution in [0.5, 0.6) is 5.75 Å². The summed E-state index contributed by atoms with van der Waals surface area (Å²) in [6.45, 7) is 8.06. The summed E-state index contributed by atoms with van der Waals surface area (Å²) >= 11 is 0. The first-order valence-corrected chi connectivity index (χ1v) is 8.46. The van der Waals surface area contributed by atoms with Crippen LogP contribution in [0.3, 0.4) is 0 Å². The molecule has 2 aromatic rings. The second-order valence-corrected chi connectivity index (χ2v) is 6.46. The minimum atomic E-state index is -0.412. The number of aliphatic hydroxyl groups is 1. The summed E-state index contributed by atoms with van der Waals surface area (Å²) in [5, 5.41) is 16.0. The van der Waals surface area contributed by atoms with Crippen molar-refractivity contribution in [3.05, 3.63) is 46.8 Å². The minimum absolute atomic E-state index is 0.0408. The standard InChI is InChI=1S/C19H26N2O4/c1-5-19(4,10-11-22)20-18(23)15-6-8-16(9-7-15)24-12-17-13(2)21-25-14(17)3/h6-9,22H,5,10-12H2,1-4H3,(H,20,23). The average Bonchev–Trinajstić information content (AvgIpc) is 2.92. The topological polar surface area (TPSA) is 84.6 Å². The number of amides is 1. The molecule has 1 heterocycles. The van der Waals surface area contributed by atoms with Gasteiger partial charge in [0.05, 0.1) is 11.3 Å². The van der Waals surface area contributed by atoms with Crippen molar-refractivity contribution in [2.45, 2.75) is 52.7 Å². The van der Waals surface area contributed by atoms with Crippen LogP contribution in [0.2, 0.25) is 0 Å². The lowest BCUT2D eigenvalue weighted by Crippen LogP contribution is -2.46. The first kappa shape index (κ1) is 19.0. The van der Waals surface area contributed by atoms with E-state index in [0.29, 0.717) is 24.3 Å². The zero-order valence-corrected chi connectivity index (χ0v) is 15.3. The van der Waals surface area contributed by atoms with Gasteiger partial charge in [0.25, 0.3) is 5.91 Å². The van der Waals surface area contributed by atoms with E-state index in [4.69, 9.17) is 14.4 Å². The number of aromatic nitrogens is 1. The van der Waals surface area contributed by atoms with Crippen LogP contribution in [0, 0.1) is 13.8 Å². The number of benzene rings is 1. The van der Waals surface area contributed by atoms with Crippen LogP contribution in [0.15, 0.2) is 28.8 Å². The van der Waals surface area contributed by atoms with E-state index >= 15 is 0 Å². The number of carbonyl (C=O) groups excluding carboxylic acids is 1. The molecule has 0 saturated carbocycles. The number of aryl methyl sites for hydroxylation is 2. The van der Waals surface area contributed by atoms with Crippen LogP contribution in [-0.2, 0) is 6.61 Å². The second kappa shape index (κ2) is 8.16. The largest absolute Gasteiger partial charge is 0.489 e. The molecule has 136 valence electrons. The molecular weight excluding hydrogens is 320 g/mol. The fraction of sp³-hybridized carbons (Fsp3) is 0.474. The molecule has 0 fully saturated rings. The van der Waals surface area contributed by atoms with Crippen molar-refractivity contribution in [2.75, 3.05) is 6.61 Å². The van der Waals surface area contributed by atoms with Gasteiger partial charge in [-0.2, -0.15) is 0 Å². The lowest BCUT2D eigenvalue weighted by Gasteiger charge is -2.29. The van der Waals surface area contributed by atoms with Crippen LogP contribution in [0.1, 0.15) is 54.1 Å². The van der Waals surface area contributed by atoms with E-state index < -0.39 is 5.54 Å². The summed E-state index contributed by atoms with van der Waals surface area (Å²) in [4.78, 5) is 12.4. The normalized spacial score (nSPS) is 13.3. The summed E-state index contributed by atoms with van der Waals surface area (Å²) in [6.07, 6.45) is 1.27. The highest BCUT2D eigenvalue weighted by Gasteiger charge is 2.24. The third-order valence-corrected chi connectivity index (χ3v) is 4.54. The predicted octanol–water partition coefficient (Wildman–Crippen LogP) is 3.15. The second-order valence-electron chi connectivity index (χ2n) is 6.46. The van der Waals surface area contributed by atoms with Crippen molar-refractivity contribution in [2.24, 2.45) is 0 Å². The van der Waals surface area contributed by atoms with E-state index in [2.05, 4.69) is 10.5 Å². The van der Waals surface area contributed by atoms with Gasteiger partial charge in [0.15, 0.2) is 0 Å². The highest BCUT2D eigenvalue weighted by Crippen LogP contribution is 2.19. The highest BCUT2D eigenvalue weighted by molar-refractivity contribution is 5.94. The number of nitrogens with zero attached hydrogens (tertiary/aromatic N) is 1. The van der Waals surface area contributed by atoms with E-state index in [1.165, 1.54) is 0 Å². The molecule has 1 atom stereocenters. The molecule has 0 aliphatic rings. The van der Waals surface area contributed by atoms with Gasteiger partial charge in [-0.15, -0.1) is 0 Å². The molecular formula is C19H26N2O4. The van der Waals surface area contributed by atoms with Gasteiger partial charge in [-0.05, 0) is 57.9 Å². The first-order chi connectivity index (χ1) is 11.9. The van der Waals surface area contributed by atoms with Gasteiger partial charge in [-0.1, -0.05) is 12.1 Å². The number of rotatable bonds is 8. The van der Waals surface area contributed by atoms with Crippen LogP contribution in [-0.4, -0.2) is 28.3 Å². The van der Waals surface area contributed by atoms with Crippen molar-refractivity contribution >= 4 is 5.91 Å². The molecule has 2 rings (SSSR count). The summed E-state index contributed by atoms with van der Waals surface area (Å²) in [5.74, 6) is 1.26. The maximum atomic E-state index is 12.4. The molecule has 6 nitrogen and oxygen atoms in total. The van der Waals surface area contributed by atoms with Gasteiger partial charge in [0.1, 0.15) is 18.1 Å². The summed E-state index contributed by atoms with van der Waals surface area (Å²) < 4.78 is 10.9. The molecule has 25 heavy (non-hydrogen) atoms. The summed E-state index contributed by atoms with van der Waals surface area (Å²) in [6, 6.07) is 6.99. The number of aliphatic hydroxyl groups excluding tert-OH is 1. The molecule has 0 saturated heterocycles. The monoisotopic (exact) mass is 346 g/mol. The maximum absolute atomic E-state index is 12.4. The van der Waals surface area contributed by atoms with E-state index in [0.717, 1.165) is 23.4 Å². The average molecular weight is 346 g/mol. The Labute approximate surface area is 148 Å². The first-order valence-electron chi connectivity index (χ1n) is 8.46. The Hall–Kier alpha value is -2.34. The van der Waals surface area contributed by atoms with Crippen molar-refractivity contribution < 1.29 is 19.2 Å². The Kier molecular flexibility index (Phi) is 6.20. The van der Waals surface area contributed by atoms with Gasteiger partial charge >= 0.3 is 0 Å². The van der Waals surface area contributed by atoms with E-state index in [-0.39, 0.29) is 12.5 Å². The van der Waals surface area contributed by atoms with Crippen LogP contribution >= 0.6 is 0 Å². The third-order valence-electron chi connectivity index (χ3n) is 4.54. The third kappa shape index (κ3) is 4.82. The van der Waals surface area contributed by atoms with E-state index in [1.807, 2.05) is 27.7 Å². The van der Waals surface area contributed by atoms with Crippen molar-refractivity contribution in [1.29, 1.82) is 0 Å². The van der Waals surface area contributed by atoms with Gasteiger partial charge in [0, 0.05) is 17.7 Å². The molecule has 1 aromatic heterocycles. The predicted molar refractivity (Wildman–Crippen MR) is 94.6 cm³/mol. The fourth-order valence-corrected chi connectivity index (χ4v) is 2.49. The molecule has 0 bridgehead atoms. The lowest BCUT2D eigenvalue weighted by molar-refractivity contribution is 0.0886. The SMILES string of the molecule is CCC(C)(CCO)NC(=O)c1ccc(OCc2c(C)noc2C)cc1. The van der Waals surface area contributed by atoms with Gasteiger partial charge in [0.2, 0.25) is 0 Å². The smallest absolute Gasteiger partial charge is 0.251 e. The Morgan fingerprint density at radius 2 is 2.00 bits per heavy atom. The lowest BCUT2D eigenvalue weighted by atomic mass is 9.94. The highest BCUT2D eigenvalue weighted by atomic mass is 16.5. The van der Waals surface area contributed by atoms with Gasteiger partial charge in [-0.3, -0.25) is 4.79 Å². The van der Waals surface area contributed by atoms with Gasteiger partial charge < -0.3 is 19.7 Å². The number of hydrogen-bond acceptors (Lipinski definition) is 5. The van der Waals surface area contributed by atoms with Crippen molar-refractivity contribution in [3.8, 4) is 5.75 Å². The molecule has 2 N–H and O–H groups in total. The van der Waals surface area contributed by atoms with Gasteiger partial charge in [-0.25, -0.2) is 0 Å². The summed E-state index contributed by atoms with van der Waals surface area (Å²) in [7, 11) is 0. The number of nitrogens with one attached hydrogen (secondary N) is 1. The van der Waals surface area contributed by atoms with Crippen LogP contribution < -0.4 is 10.1 Å². The number of ether oxygens (including phenoxy) is 1. The molecule has 0 aliphatic heterocycles. The fourth-order valence-electron chi connectivity index (χ4n) is 2.49. The van der Waals surface area contributed by atoms with Crippen molar-refractivity contribution in [1.82, 2.24) is 10.5 Å². The molecule has 0 spiro atoms. The number of carbonyl (C=O) groups is 1. The van der Waals surface area contributed by atoms with E-state index in [9.17, 15) is 4.79 Å². The quantitative estimate of drug-likeness (QED) is 0.767. The molecule has 0 aliphatic carbocycles. The van der Waals surface area contributed by atoms with Crippen LogP contribution in [0.4, 0.5) is 0 Å². The van der Waals surface area contributed by atoms with Crippen LogP contribution in [0.25, 0.3) is 0 Å². The molecule has 6 heteroatoms. The van der Waals surface area contributed by atoms with Crippen molar-refractivity contribution in [3.63, 3.8) is 0 Å². The van der Waals surface area contributed by atoms with E-state index in [1.54, 1.807) is 24.3 Å². The molecule has 1 aromatic carbocycles. The Balaban J connectivity index is 1.98. The summed E-state index contributed by atoms with van der Waals surface area (Å²) in [5.41, 5.74) is 1.90. The molecule has 0 radical (unpaired) electrons. The zero-order chi connectivity index (χ0) is 18.4. The Morgan fingerprint density at radius 3 is 2.52 bits per heavy atom. The molecule has 1 amide bonds. The maximum Gasteiger partial charge on any atom is 0.251 e. The minimum Gasteiger partial charge on any atom is -0.489 e. The zero-order valence-electron chi connectivity index (χ0n) is 15.3. The number of hydrogen-bond donors (Lipinski definition) is 2.